The molecule has 142 valence electrons. The molecule has 0 unspecified atom stereocenters. The molecule has 0 radical (unpaired) electrons. The molecule has 2 aromatic heterocycles. The van der Waals surface area contributed by atoms with Gasteiger partial charge in [0.2, 0.25) is 10.0 Å². The van der Waals surface area contributed by atoms with Crippen molar-refractivity contribution in [3.8, 4) is 11.7 Å². The summed E-state index contributed by atoms with van der Waals surface area (Å²) in [5.41, 5.74) is 0.926. The fourth-order valence-electron chi connectivity index (χ4n) is 2.14. The number of carbonyl (C=O) groups is 1. The number of esters is 1. The molecule has 0 spiro atoms. The molecule has 1 aromatic carbocycles. The molecule has 0 fully saturated rings. The van der Waals surface area contributed by atoms with E-state index in [1.165, 1.54) is 25.3 Å². The zero-order valence-electron chi connectivity index (χ0n) is 14.6. The highest BCUT2D eigenvalue weighted by Crippen LogP contribution is 2.18. The van der Waals surface area contributed by atoms with Gasteiger partial charge < -0.3 is 13.6 Å². The van der Waals surface area contributed by atoms with Crippen molar-refractivity contribution >= 4 is 16.0 Å². The van der Waals surface area contributed by atoms with Crippen LogP contribution in [0.25, 0.3) is 11.7 Å². The normalized spacial score (nSPS) is 12.7. The Morgan fingerprint density at radius 3 is 2.63 bits per heavy atom. The second-order valence-corrected chi connectivity index (χ2v) is 7.46. The lowest BCUT2D eigenvalue weighted by atomic mass is 10.2. The largest absolute Gasteiger partial charge is 0.459 e. The van der Waals surface area contributed by atoms with Gasteiger partial charge >= 0.3 is 5.97 Å². The van der Waals surface area contributed by atoms with E-state index >= 15 is 0 Å². The van der Waals surface area contributed by atoms with Crippen molar-refractivity contribution in [1.29, 1.82) is 0 Å². The first-order chi connectivity index (χ1) is 12.8. The Kier molecular flexibility index (Phi) is 5.38. The Morgan fingerprint density at radius 1 is 1.22 bits per heavy atom. The smallest absolute Gasteiger partial charge is 0.324 e. The quantitative estimate of drug-likeness (QED) is 0.607. The molecule has 27 heavy (non-hydrogen) atoms. The zero-order valence-corrected chi connectivity index (χ0v) is 15.4. The minimum Gasteiger partial charge on any atom is -0.459 e. The van der Waals surface area contributed by atoms with E-state index in [0.29, 0.717) is 5.76 Å². The predicted molar refractivity (Wildman–Crippen MR) is 92.8 cm³/mol. The summed E-state index contributed by atoms with van der Waals surface area (Å²) in [5, 5.41) is 7.52. The molecule has 9 nitrogen and oxygen atoms in total. The highest BCUT2D eigenvalue weighted by Gasteiger charge is 2.23. The number of hydrogen-bond donors (Lipinski definition) is 1. The van der Waals surface area contributed by atoms with Gasteiger partial charge in [0, 0.05) is 0 Å². The van der Waals surface area contributed by atoms with Gasteiger partial charge in [-0.15, -0.1) is 10.2 Å². The molecule has 10 heteroatoms. The van der Waals surface area contributed by atoms with Crippen LogP contribution in [0.15, 0.2) is 56.4 Å². The van der Waals surface area contributed by atoms with Crippen LogP contribution in [0, 0.1) is 6.92 Å². The van der Waals surface area contributed by atoms with Gasteiger partial charge in [-0.3, -0.25) is 4.79 Å². The van der Waals surface area contributed by atoms with Crippen LogP contribution in [-0.4, -0.2) is 30.6 Å². The number of aryl methyl sites for hydroxylation is 1. The standard InChI is InChI=1S/C17H17N3O6S/c1-11-5-7-13(8-6-11)27(22,23)20-12(2)17(21)25-10-15-18-19-16(26-15)14-4-3-9-24-14/h3-9,12,20H,10H2,1-2H3/t12-/m0/s1. The van der Waals surface area contributed by atoms with Crippen molar-refractivity contribution in [2.75, 3.05) is 0 Å². The molecular formula is C17H17N3O6S. The van der Waals surface area contributed by atoms with Gasteiger partial charge in [0.25, 0.3) is 11.8 Å². The molecule has 1 N–H and O–H groups in total. The summed E-state index contributed by atoms with van der Waals surface area (Å²) in [6.45, 7) is 2.94. The van der Waals surface area contributed by atoms with Crippen molar-refractivity contribution in [2.45, 2.75) is 31.4 Å². The number of benzene rings is 1. The number of furan rings is 1. The number of nitrogens with one attached hydrogen (secondary N) is 1. The van der Waals surface area contributed by atoms with Crippen molar-refractivity contribution in [1.82, 2.24) is 14.9 Å². The van der Waals surface area contributed by atoms with Crippen LogP contribution in [0.5, 0.6) is 0 Å². The fraction of sp³-hybridized carbons (Fsp3) is 0.235. The maximum absolute atomic E-state index is 12.3. The topological polar surface area (TPSA) is 125 Å². The summed E-state index contributed by atoms with van der Waals surface area (Å²) in [6, 6.07) is 8.48. The number of hydrogen-bond acceptors (Lipinski definition) is 8. The predicted octanol–water partition coefficient (Wildman–Crippen LogP) is 2.05. The first-order valence-corrected chi connectivity index (χ1v) is 9.45. The maximum Gasteiger partial charge on any atom is 0.324 e. The number of carbonyl (C=O) groups excluding carboxylic acids is 1. The van der Waals surface area contributed by atoms with Crippen LogP contribution in [0.2, 0.25) is 0 Å². The summed E-state index contributed by atoms with van der Waals surface area (Å²) < 4.78 is 42.3. The van der Waals surface area contributed by atoms with Gasteiger partial charge in [-0.2, -0.15) is 4.72 Å². The average Bonchev–Trinajstić information content (AvgIpc) is 3.31. The van der Waals surface area contributed by atoms with E-state index < -0.39 is 22.0 Å². The highest BCUT2D eigenvalue weighted by atomic mass is 32.2. The zero-order chi connectivity index (χ0) is 19.4. The Bertz CT molecular complexity index is 1010. The van der Waals surface area contributed by atoms with E-state index in [4.69, 9.17) is 13.6 Å². The maximum atomic E-state index is 12.3. The summed E-state index contributed by atoms with van der Waals surface area (Å²) in [6.07, 6.45) is 1.46. The molecule has 1 atom stereocenters. The molecule has 0 aliphatic heterocycles. The molecule has 0 bridgehead atoms. The first-order valence-electron chi connectivity index (χ1n) is 7.97. The second-order valence-electron chi connectivity index (χ2n) is 5.74. The van der Waals surface area contributed by atoms with Crippen LogP contribution in [0.4, 0.5) is 0 Å². The molecule has 0 aliphatic carbocycles. The third-order valence-electron chi connectivity index (χ3n) is 3.55. The van der Waals surface area contributed by atoms with Gasteiger partial charge in [-0.1, -0.05) is 17.7 Å². The van der Waals surface area contributed by atoms with Gasteiger partial charge in [0.05, 0.1) is 11.2 Å². The second kappa shape index (κ2) is 7.72. The number of rotatable bonds is 7. The number of sulfonamides is 1. The molecule has 3 aromatic rings. The SMILES string of the molecule is Cc1ccc(S(=O)(=O)N[C@@H](C)C(=O)OCc2nnc(-c3ccco3)o2)cc1. The van der Waals surface area contributed by atoms with E-state index in [2.05, 4.69) is 14.9 Å². The number of nitrogens with zero attached hydrogens (tertiary/aromatic N) is 2. The lowest BCUT2D eigenvalue weighted by Gasteiger charge is -2.13. The van der Waals surface area contributed by atoms with E-state index in [9.17, 15) is 13.2 Å². The third-order valence-corrected chi connectivity index (χ3v) is 5.11. The van der Waals surface area contributed by atoms with Gasteiger partial charge in [0.1, 0.15) is 6.04 Å². The van der Waals surface area contributed by atoms with E-state index in [1.54, 1.807) is 24.3 Å². The molecule has 0 saturated carbocycles. The average molecular weight is 391 g/mol. The van der Waals surface area contributed by atoms with Gasteiger partial charge in [0.15, 0.2) is 12.4 Å². The summed E-state index contributed by atoms with van der Waals surface area (Å²) in [5.74, 6) is -0.176. The van der Waals surface area contributed by atoms with E-state index in [-0.39, 0.29) is 23.3 Å². The van der Waals surface area contributed by atoms with Crippen molar-refractivity contribution in [3.05, 3.63) is 54.1 Å². The molecule has 3 rings (SSSR count). The highest BCUT2D eigenvalue weighted by molar-refractivity contribution is 7.89. The molecule has 0 aliphatic rings. The number of ether oxygens (including phenoxy) is 1. The van der Waals surface area contributed by atoms with Crippen LogP contribution in [0.3, 0.4) is 0 Å². The summed E-state index contributed by atoms with van der Waals surface area (Å²) in [4.78, 5) is 12.1. The molecular weight excluding hydrogens is 374 g/mol. The molecule has 0 saturated heterocycles. The Labute approximate surface area is 155 Å². The summed E-state index contributed by atoms with van der Waals surface area (Å²) in [7, 11) is -3.84. The van der Waals surface area contributed by atoms with Gasteiger partial charge in [-0.25, -0.2) is 8.42 Å². The molecule has 0 amide bonds. The van der Waals surface area contributed by atoms with E-state index in [0.717, 1.165) is 5.56 Å². The van der Waals surface area contributed by atoms with E-state index in [1.807, 2.05) is 6.92 Å². The van der Waals surface area contributed by atoms with Crippen molar-refractivity contribution in [2.24, 2.45) is 0 Å². The number of aromatic nitrogens is 2. The van der Waals surface area contributed by atoms with Crippen LogP contribution >= 0.6 is 0 Å². The monoisotopic (exact) mass is 391 g/mol. The lowest BCUT2D eigenvalue weighted by molar-refractivity contribution is -0.147. The van der Waals surface area contributed by atoms with Crippen LogP contribution < -0.4 is 4.72 Å². The Balaban J connectivity index is 1.57. The van der Waals surface area contributed by atoms with Crippen LogP contribution in [0.1, 0.15) is 18.4 Å². The van der Waals surface area contributed by atoms with Crippen LogP contribution in [-0.2, 0) is 26.2 Å². The van der Waals surface area contributed by atoms with Crippen molar-refractivity contribution in [3.63, 3.8) is 0 Å². The minimum atomic E-state index is -3.84. The minimum absolute atomic E-state index is 0.0586. The Hall–Kier alpha value is -2.98. The van der Waals surface area contributed by atoms with Crippen molar-refractivity contribution < 1.29 is 26.8 Å². The van der Waals surface area contributed by atoms with Gasteiger partial charge in [-0.05, 0) is 38.1 Å². The fourth-order valence-corrected chi connectivity index (χ4v) is 3.33. The molecule has 2 heterocycles. The summed E-state index contributed by atoms with van der Waals surface area (Å²) >= 11 is 0. The third kappa shape index (κ3) is 4.60. The first kappa shape index (κ1) is 18.8. The Morgan fingerprint density at radius 2 is 1.96 bits per heavy atom. The lowest BCUT2D eigenvalue weighted by Crippen LogP contribution is -2.39.